The number of aliphatic imine (C=N–C) groups is 1. The Kier molecular flexibility index (Phi) is 4.42. The van der Waals surface area contributed by atoms with Crippen LogP contribution in [0.25, 0.3) is 0 Å². The van der Waals surface area contributed by atoms with Crippen molar-refractivity contribution >= 4 is 5.96 Å². The summed E-state index contributed by atoms with van der Waals surface area (Å²) in [6.07, 6.45) is 2.24. The fourth-order valence-electron chi connectivity index (χ4n) is 1.97. The molecule has 0 aromatic heterocycles. The van der Waals surface area contributed by atoms with Gasteiger partial charge in [0.25, 0.3) is 0 Å². The molecule has 1 saturated carbocycles. The number of benzene rings is 1. The van der Waals surface area contributed by atoms with Crippen molar-refractivity contribution in [3.63, 3.8) is 0 Å². The van der Waals surface area contributed by atoms with E-state index in [9.17, 15) is 8.78 Å². The van der Waals surface area contributed by atoms with Crippen LogP contribution in [0.1, 0.15) is 24.0 Å². The van der Waals surface area contributed by atoms with E-state index in [0.29, 0.717) is 17.6 Å². The van der Waals surface area contributed by atoms with Gasteiger partial charge < -0.3 is 15.4 Å². The number of alkyl halides is 2. The number of nitrogens with two attached hydrogens (primary N) is 1. The van der Waals surface area contributed by atoms with Crippen molar-refractivity contribution in [2.75, 3.05) is 7.05 Å². The minimum absolute atomic E-state index is 0.149. The molecule has 2 N–H and O–H groups in total. The second-order valence-electron chi connectivity index (χ2n) is 5.01. The maximum Gasteiger partial charge on any atom is 0.387 e. The van der Waals surface area contributed by atoms with E-state index >= 15 is 0 Å². The molecule has 0 radical (unpaired) electrons. The summed E-state index contributed by atoms with van der Waals surface area (Å²) < 4.78 is 29.2. The lowest BCUT2D eigenvalue weighted by Gasteiger charge is -2.17. The first-order valence-electron chi connectivity index (χ1n) is 6.54. The maximum atomic E-state index is 12.4. The lowest BCUT2D eigenvalue weighted by molar-refractivity contribution is -0.0504. The van der Waals surface area contributed by atoms with Crippen molar-refractivity contribution in [3.05, 3.63) is 29.3 Å². The van der Waals surface area contributed by atoms with Crippen LogP contribution in [0.3, 0.4) is 0 Å². The van der Waals surface area contributed by atoms with E-state index in [1.165, 1.54) is 6.07 Å². The Morgan fingerprint density at radius 2 is 2.20 bits per heavy atom. The molecule has 0 amide bonds. The lowest BCUT2D eigenvalue weighted by Crippen LogP contribution is -2.35. The van der Waals surface area contributed by atoms with Gasteiger partial charge in [0.05, 0.1) is 6.54 Å². The average Bonchev–Trinajstić information content (AvgIpc) is 3.21. The Labute approximate surface area is 117 Å². The zero-order valence-corrected chi connectivity index (χ0v) is 11.6. The summed E-state index contributed by atoms with van der Waals surface area (Å²) in [5.74, 6) is 0.577. The average molecular weight is 283 g/mol. The van der Waals surface area contributed by atoms with E-state index in [2.05, 4.69) is 9.73 Å². The first-order chi connectivity index (χ1) is 9.47. The van der Waals surface area contributed by atoms with Gasteiger partial charge in [-0.15, -0.1) is 0 Å². The molecule has 0 saturated heterocycles. The molecule has 4 nitrogen and oxygen atoms in total. The van der Waals surface area contributed by atoms with Gasteiger partial charge in [-0.3, -0.25) is 0 Å². The maximum absolute atomic E-state index is 12.4. The van der Waals surface area contributed by atoms with Crippen LogP contribution in [0, 0.1) is 6.92 Å². The largest absolute Gasteiger partial charge is 0.434 e. The third kappa shape index (κ3) is 3.82. The van der Waals surface area contributed by atoms with Crippen LogP contribution in [0.15, 0.2) is 23.2 Å². The van der Waals surface area contributed by atoms with Crippen molar-refractivity contribution in [3.8, 4) is 5.75 Å². The van der Waals surface area contributed by atoms with Crippen LogP contribution in [-0.2, 0) is 6.54 Å². The number of aryl methyl sites for hydroxylation is 1. The van der Waals surface area contributed by atoms with Crippen LogP contribution in [0.4, 0.5) is 8.78 Å². The van der Waals surface area contributed by atoms with E-state index < -0.39 is 6.61 Å². The highest BCUT2D eigenvalue weighted by molar-refractivity contribution is 5.78. The Morgan fingerprint density at radius 3 is 2.80 bits per heavy atom. The second-order valence-corrected chi connectivity index (χ2v) is 5.01. The van der Waals surface area contributed by atoms with Crippen LogP contribution in [0.2, 0.25) is 0 Å². The third-order valence-corrected chi connectivity index (χ3v) is 3.30. The molecule has 0 unspecified atom stereocenters. The predicted molar refractivity (Wildman–Crippen MR) is 73.9 cm³/mol. The van der Waals surface area contributed by atoms with Crippen LogP contribution >= 0.6 is 0 Å². The molecule has 2 rings (SSSR count). The summed E-state index contributed by atoms with van der Waals surface area (Å²) in [6, 6.07) is 5.51. The van der Waals surface area contributed by atoms with Crippen molar-refractivity contribution in [2.45, 2.75) is 39.0 Å². The molecular weight excluding hydrogens is 264 g/mol. The Balaban J connectivity index is 2.10. The summed E-state index contributed by atoms with van der Waals surface area (Å²) in [6.45, 7) is -0.724. The number of hydrogen-bond acceptors (Lipinski definition) is 2. The third-order valence-electron chi connectivity index (χ3n) is 3.30. The molecule has 1 aliphatic carbocycles. The highest BCUT2D eigenvalue weighted by Gasteiger charge is 2.27. The van der Waals surface area contributed by atoms with Crippen LogP contribution in [0.5, 0.6) is 5.75 Å². The fourth-order valence-corrected chi connectivity index (χ4v) is 1.97. The number of nitrogens with zero attached hydrogens (tertiary/aromatic N) is 2. The zero-order chi connectivity index (χ0) is 14.7. The minimum atomic E-state index is -2.84. The smallest absolute Gasteiger partial charge is 0.387 e. The Morgan fingerprint density at radius 1 is 1.50 bits per heavy atom. The quantitative estimate of drug-likeness (QED) is 0.667. The molecule has 0 heterocycles. The monoisotopic (exact) mass is 283 g/mol. The van der Waals surface area contributed by atoms with Gasteiger partial charge in [0.2, 0.25) is 0 Å². The molecule has 1 aliphatic rings. The first kappa shape index (κ1) is 14.6. The molecule has 110 valence electrons. The highest BCUT2D eigenvalue weighted by Crippen LogP contribution is 2.26. The number of ether oxygens (including phenoxy) is 1. The van der Waals surface area contributed by atoms with Crippen molar-refractivity contribution in [1.29, 1.82) is 0 Å². The first-order valence-corrected chi connectivity index (χ1v) is 6.54. The second kappa shape index (κ2) is 6.07. The summed E-state index contributed by atoms with van der Waals surface area (Å²) >= 11 is 0. The highest BCUT2D eigenvalue weighted by atomic mass is 19.3. The van der Waals surface area contributed by atoms with Gasteiger partial charge in [-0.2, -0.15) is 8.78 Å². The summed E-state index contributed by atoms with van der Waals surface area (Å²) in [5.41, 5.74) is 7.45. The normalized spacial score (nSPS) is 15.6. The van der Waals surface area contributed by atoms with Gasteiger partial charge in [0.1, 0.15) is 5.75 Å². The molecule has 1 aromatic carbocycles. The number of guanidine groups is 1. The molecule has 1 fully saturated rings. The lowest BCUT2D eigenvalue weighted by atomic mass is 10.1. The zero-order valence-electron chi connectivity index (χ0n) is 11.6. The van der Waals surface area contributed by atoms with Gasteiger partial charge in [0.15, 0.2) is 5.96 Å². The Hall–Kier alpha value is -1.85. The summed E-state index contributed by atoms with van der Waals surface area (Å²) in [4.78, 5) is 6.18. The van der Waals surface area contributed by atoms with Crippen LogP contribution in [-0.4, -0.2) is 30.6 Å². The number of hydrogen-bond donors (Lipinski definition) is 1. The number of halogens is 2. The standard InChI is InChI=1S/C14H19F2N3O/c1-9-3-6-12(20-13(15)16)10(7-9)8-18-14(17)19(2)11-4-5-11/h3,6-7,11,13H,4-5,8H2,1-2H3,(H2,17,18). The fraction of sp³-hybridized carbons (Fsp3) is 0.500. The van der Waals surface area contributed by atoms with Gasteiger partial charge in [0, 0.05) is 18.7 Å². The van der Waals surface area contributed by atoms with E-state index in [4.69, 9.17) is 5.73 Å². The van der Waals surface area contributed by atoms with E-state index in [1.807, 2.05) is 18.9 Å². The minimum Gasteiger partial charge on any atom is -0.434 e. The summed E-state index contributed by atoms with van der Waals surface area (Å²) in [5, 5.41) is 0. The van der Waals surface area contributed by atoms with Gasteiger partial charge in [-0.25, -0.2) is 4.99 Å². The van der Waals surface area contributed by atoms with Crippen molar-refractivity contribution < 1.29 is 13.5 Å². The molecule has 0 aliphatic heterocycles. The molecule has 0 spiro atoms. The molecule has 1 aromatic rings. The van der Waals surface area contributed by atoms with E-state index in [1.54, 1.807) is 12.1 Å². The van der Waals surface area contributed by atoms with E-state index in [0.717, 1.165) is 18.4 Å². The van der Waals surface area contributed by atoms with Crippen molar-refractivity contribution in [1.82, 2.24) is 4.90 Å². The SMILES string of the molecule is Cc1ccc(OC(F)F)c(CN=C(N)N(C)C2CC2)c1. The van der Waals surface area contributed by atoms with Gasteiger partial charge in [-0.05, 0) is 25.8 Å². The summed E-state index contributed by atoms with van der Waals surface area (Å²) in [7, 11) is 1.89. The van der Waals surface area contributed by atoms with Crippen molar-refractivity contribution in [2.24, 2.45) is 10.7 Å². The molecule has 20 heavy (non-hydrogen) atoms. The van der Waals surface area contributed by atoms with Gasteiger partial charge in [-0.1, -0.05) is 17.7 Å². The predicted octanol–water partition coefficient (Wildman–Crippen LogP) is 2.51. The van der Waals surface area contributed by atoms with Gasteiger partial charge >= 0.3 is 6.61 Å². The van der Waals surface area contributed by atoms with Crippen LogP contribution < -0.4 is 10.5 Å². The number of rotatable bonds is 5. The van der Waals surface area contributed by atoms with E-state index in [-0.39, 0.29) is 12.3 Å². The molecule has 6 heteroatoms. The topological polar surface area (TPSA) is 50.9 Å². The molecule has 0 bridgehead atoms. The Bertz CT molecular complexity index is 501. The molecular formula is C14H19F2N3O. The molecule has 0 atom stereocenters.